The Morgan fingerprint density at radius 2 is 2.00 bits per heavy atom. The Labute approximate surface area is 157 Å². The van der Waals surface area contributed by atoms with Crippen molar-refractivity contribution in [3.05, 3.63) is 66.5 Å². The topological polar surface area (TPSA) is 59.0 Å². The van der Waals surface area contributed by atoms with Crippen LogP contribution in [-0.4, -0.2) is 29.1 Å². The van der Waals surface area contributed by atoms with Gasteiger partial charge in [0.25, 0.3) is 0 Å². The molecular formula is C22H23N3O2. The minimum atomic E-state index is 0.0781. The zero-order valence-electron chi connectivity index (χ0n) is 15.4. The molecule has 0 unspecified atom stereocenters. The molecule has 0 fully saturated rings. The van der Waals surface area contributed by atoms with E-state index in [-0.39, 0.29) is 5.91 Å². The van der Waals surface area contributed by atoms with Crippen molar-refractivity contribution in [2.24, 2.45) is 0 Å². The third kappa shape index (κ3) is 3.53. The molecule has 0 aliphatic carbocycles. The number of hydrogen-bond donors (Lipinski definition) is 2. The number of amides is 1. The highest BCUT2D eigenvalue weighted by atomic mass is 16.5. The molecule has 2 aromatic carbocycles. The molecule has 2 aromatic heterocycles. The second kappa shape index (κ2) is 7.58. The van der Waals surface area contributed by atoms with Gasteiger partial charge in [-0.25, -0.2) is 0 Å². The molecule has 138 valence electrons. The van der Waals surface area contributed by atoms with Crippen LogP contribution < -0.4 is 10.1 Å². The number of benzene rings is 2. The van der Waals surface area contributed by atoms with E-state index in [0.717, 1.165) is 35.1 Å². The first-order chi connectivity index (χ1) is 13.3. The van der Waals surface area contributed by atoms with Gasteiger partial charge >= 0.3 is 0 Å². The lowest BCUT2D eigenvalue weighted by atomic mass is 10.1. The molecule has 1 amide bonds. The number of nitrogens with one attached hydrogen (secondary N) is 2. The molecule has 0 aliphatic rings. The number of para-hydroxylation sites is 1. The number of aromatic amines is 1. The van der Waals surface area contributed by atoms with E-state index in [4.69, 9.17) is 4.74 Å². The summed E-state index contributed by atoms with van der Waals surface area (Å²) in [4.78, 5) is 15.5. The Balaban J connectivity index is 1.31. The lowest BCUT2D eigenvalue weighted by Crippen LogP contribution is -2.27. The van der Waals surface area contributed by atoms with Crippen molar-refractivity contribution >= 4 is 27.7 Å². The van der Waals surface area contributed by atoms with Gasteiger partial charge in [0.05, 0.1) is 12.6 Å². The molecule has 0 saturated carbocycles. The smallest absolute Gasteiger partial charge is 0.220 e. The van der Waals surface area contributed by atoms with E-state index in [9.17, 15) is 4.79 Å². The number of hydrogen-bond acceptors (Lipinski definition) is 2. The fourth-order valence-corrected chi connectivity index (χ4v) is 3.56. The predicted molar refractivity (Wildman–Crippen MR) is 108 cm³/mol. The van der Waals surface area contributed by atoms with Crippen LogP contribution in [0.2, 0.25) is 0 Å². The molecule has 0 aliphatic heterocycles. The fraction of sp³-hybridized carbons (Fsp3) is 0.227. The number of carbonyl (C=O) groups excluding carboxylic acids is 1. The molecule has 4 rings (SSSR count). The first kappa shape index (κ1) is 17.2. The van der Waals surface area contributed by atoms with E-state index in [1.54, 1.807) is 7.11 Å². The van der Waals surface area contributed by atoms with Crippen LogP contribution >= 0.6 is 0 Å². The highest BCUT2D eigenvalue weighted by Crippen LogP contribution is 2.26. The van der Waals surface area contributed by atoms with Gasteiger partial charge < -0.3 is 19.6 Å². The summed E-state index contributed by atoms with van der Waals surface area (Å²) in [6.45, 7) is 1.34. The zero-order valence-corrected chi connectivity index (χ0v) is 15.4. The maximum atomic E-state index is 12.2. The Kier molecular flexibility index (Phi) is 4.83. The number of H-pyrrole nitrogens is 1. The predicted octanol–water partition coefficient (Wildman–Crippen LogP) is 3.88. The lowest BCUT2D eigenvalue weighted by Gasteiger charge is -2.08. The van der Waals surface area contributed by atoms with E-state index < -0.39 is 0 Å². The first-order valence-corrected chi connectivity index (χ1v) is 9.20. The standard InChI is InChI=1S/C22H23N3O2/c1-27-21-8-4-7-20-18(21)11-13-25(20)14-12-23-22(26)10-9-16-15-24-19-6-3-2-5-17(16)19/h2-8,11,13,15,24H,9-10,12,14H2,1H3,(H,23,26). The summed E-state index contributed by atoms with van der Waals surface area (Å²) in [5.74, 6) is 0.948. The quantitative estimate of drug-likeness (QED) is 0.525. The van der Waals surface area contributed by atoms with Crippen LogP contribution in [-0.2, 0) is 17.8 Å². The van der Waals surface area contributed by atoms with Gasteiger partial charge in [0, 0.05) is 48.2 Å². The van der Waals surface area contributed by atoms with Crippen molar-refractivity contribution in [1.82, 2.24) is 14.9 Å². The highest BCUT2D eigenvalue weighted by molar-refractivity contribution is 5.86. The molecule has 0 bridgehead atoms. The summed E-state index contributed by atoms with van der Waals surface area (Å²) in [6, 6.07) is 16.2. The molecule has 4 aromatic rings. The van der Waals surface area contributed by atoms with Crippen LogP contribution in [0.5, 0.6) is 5.75 Å². The number of rotatable bonds is 7. The third-order valence-electron chi connectivity index (χ3n) is 4.96. The van der Waals surface area contributed by atoms with Gasteiger partial charge in [0.15, 0.2) is 0 Å². The normalized spacial score (nSPS) is 11.1. The molecule has 0 saturated heterocycles. The highest BCUT2D eigenvalue weighted by Gasteiger charge is 2.08. The summed E-state index contributed by atoms with van der Waals surface area (Å²) in [5, 5.41) is 5.30. The molecule has 0 atom stereocenters. The average molecular weight is 361 g/mol. The largest absolute Gasteiger partial charge is 0.496 e. The number of carbonyl (C=O) groups is 1. The lowest BCUT2D eigenvalue weighted by molar-refractivity contribution is -0.121. The van der Waals surface area contributed by atoms with E-state index in [1.165, 1.54) is 10.9 Å². The van der Waals surface area contributed by atoms with E-state index in [1.807, 2.05) is 42.7 Å². The van der Waals surface area contributed by atoms with Gasteiger partial charge in [-0.2, -0.15) is 0 Å². The van der Waals surface area contributed by atoms with Crippen LogP contribution in [0.25, 0.3) is 21.8 Å². The summed E-state index contributed by atoms with van der Waals surface area (Å²) in [5.41, 5.74) is 3.41. The molecule has 27 heavy (non-hydrogen) atoms. The van der Waals surface area contributed by atoms with Crippen LogP contribution in [0.1, 0.15) is 12.0 Å². The zero-order chi connectivity index (χ0) is 18.6. The molecule has 2 heterocycles. The minimum absolute atomic E-state index is 0.0781. The number of methoxy groups -OCH3 is 1. The molecule has 0 spiro atoms. The van der Waals surface area contributed by atoms with Crippen molar-refractivity contribution < 1.29 is 9.53 Å². The van der Waals surface area contributed by atoms with Gasteiger partial charge in [-0.15, -0.1) is 0 Å². The number of ether oxygens (including phenoxy) is 1. The second-order valence-corrected chi connectivity index (χ2v) is 6.61. The summed E-state index contributed by atoms with van der Waals surface area (Å²) in [7, 11) is 1.68. The van der Waals surface area contributed by atoms with Crippen molar-refractivity contribution in [2.45, 2.75) is 19.4 Å². The van der Waals surface area contributed by atoms with E-state index in [2.05, 4.69) is 33.1 Å². The monoisotopic (exact) mass is 361 g/mol. The Bertz CT molecular complexity index is 1080. The van der Waals surface area contributed by atoms with Crippen molar-refractivity contribution in [3.8, 4) is 5.75 Å². The number of aryl methyl sites for hydroxylation is 1. The summed E-state index contributed by atoms with van der Waals surface area (Å²) < 4.78 is 7.53. The van der Waals surface area contributed by atoms with Crippen LogP contribution in [0.15, 0.2) is 60.9 Å². The Hall–Kier alpha value is -3.21. The number of fused-ring (bicyclic) bond motifs is 2. The van der Waals surface area contributed by atoms with Gasteiger partial charge in [-0.05, 0) is 36.2 Å². The first-order valence-electron chi connectivity index (χ1n) is 9.20. The molecule has 2 N–H and O–H groups in total. The van der Waals surface area contributed by atoms with Crippen LogP contribution in [0.3, 0.4) is 0 Å². The maximum absolute atomic E-state index is 12.2. The van der Waals surface area contributed by atoms with E-state index >= 15 is 0 Å². The fourth-order valence-electron chi connectivity index (χ4n) is 3.56. The summed E-state index contributed by atoms with van der Waals surface area (Å²) >= 11 is 0. The van der Waals surface area contributed by atoms with Crippen molar-refractivity contribution in [1.29, 1.82) is 0 Å². The van der Waals surface area contributed by atoms with Gasteiger partial charge in [-0.3, -0.25) is 4.79 Å². The molecular weight excluding hydrogens is 338 g/mol. The van der Waals surface area contributed by atoms with Crippen LogP contribution in [0.4, 0.5) is 0 Å². The SMILES string of the molecule is COc1cccc2c1ccn2CCNC(=O)CCc1c[nH]c2ccccc12. The molecule has 5 nitrogen and oxygen atoms in total. The maximum Gasteiger partial charge on any atom is 0.220 e. The van der Waals surface area contributed by atoms with Crippen molar-refractivity contribution in [2.75, 3.05) is 13.7 Å². The number of aromatic nitrogens is 2. The van der Waals surface area contributed by atoms with Crippen LogP contribution in [0, 0.1) is 0 Å². The Morgan fingerprint density at radius 3 is 2.89 bits per heavy atom. The third-order valence-corrected chi connectivity index (χ3v) is 4.96. The van der Waals surface area contributed by atoms with Gasteiger partial charge in [0.2, 0.25) is 5.91 Å². The average Bonchev–Trinajstić information content (AvgIpc) is 3.30. The van der Waals surface area contributed by atoms with Gasteiger partial charge in [0.1, 0.15) is 5.75 Å². The van der Waals surface area contributed by atoms with E-state index in [0.29, 0.717) is 13.0 Å². The Morgan fingerprint density at radius 1 is 1.11 bits per heavy atom. The van der Waals surface area contributed by atoms with Crippen molar-refractivity contribution in [3.63, 3.8) is 0 Å². The molecule has 0 radical (unpaired) electrons. The second-order valence-electron chi connectivity index (χ2n) is 6.61. The minimum Gasteiger partial charge on any atom is -0.496 e. The summed E-state index contributed by atoms with van der Waals surface area (Å²) in [6.07, 6.45) is 5.25. The van der Waals surface area contributed by atoms with Gasteiger partial charge in [-0.1, -0.05) is 24.3 Å². The number of nitrogens with zero attached hydrogens (tertiary/aromatic N) is 1. The molecule has 5 heteroatoms.